The van der Waals surface area contributed by atoms with E-state index in [4.69, 9.17) is 20.4 Å². The molecule has 0 amide bonds. The molecular weight excluding hydrogens is 280 g/mol. The second-order valence-electron chi connectivity index (χ2n) is 4.78. The lowest BCUT2D eigenvalue weighted by atomic mass is 9.99. The zero-order chi connectivity index (χ0) is 13.8. The van der Waals surface area contributed by atoms with Crippen LogP contribution in [0.3, 0.4) is 0 Å². The third-order valence-electron chi connectivity index (χ3n) is 3.76. The number of hydrogen-bond donors (Lipinski definition) is 2. The number of rotatable bonds is 3. The Morgan fingerprint density at radius 1 is 1.15 bits per heavy atom. The van der Waals surface area contributed by atoms with E-state index in [1.165, 1.54) is 11.1 Å². The highest BCUT2D eigenvalue weighted by molar-refractivity contribution is 5.85. The molecule has 0 heterocycles. The van der Waals surface area contributed by atoms with Gasteiger partial charge in [0.1, 0.15) is 5.84 Å². The maximum Gasteiger partial charge on any atom is 0.161 e. The number of nitrogens with zero attached hydrogens (tertiary/aromatic N) is 1. The maximum absolute atomic E-state index is 8.78. The monoisotopic (exact) mass is 300 g/mol. The zero-order valence-electron chi connectivity index (χ0n) is 11.8. The van der Waals surface area contributed by atoms with Crippen LogP contribution < -0.4 is 15.2 Å². The number of oxime groups is 1. The Hall–Kier alpha value is -1.62. The highest BCUT2D eigenvalue weighted by Gasteiger charge is 2.21. The van der Waals surface area contributed by atoms with Gasteiger partial charge in [-0.15, -0.1) is 12.4 Å². The Kier molecular flexibility index (Phi) is 5.95. The molecule has 2 rings (SSSR count). The van der Waals surface area contributed by atoms with Crippen molar-refractivity contribution in [3.8, 4) is 11.5 Å². The van der Waals surface area contributed by atoms with Crippen LogP contribution in [0.4, 0.5) is 0 Å². The molecule has 112 valence electrons. The number of aryl methyl sites for hydroxylation is 2. The van der Waals surface area contributed by atoms with Crippen LogP contribution in [0, 0.1) is 5.92 Å². The van der Waals surface area contributed by atoms with E-state index in [1.807, 2.05) is 12.1 Å². The summed E-state index contributed by atoms with van der Waals surface area (Å²) in [5.41, 5.74) is 8.23. The number of amidine groups is 1. The third-order valence-corrected chi connectivity index (χ3v) is 3.76. The molecule has 1 aliphatic rings. The molecule has 0 atom stereocenters. The van der Waals surface area contributed by atoms with Gasteiger partial charge in [-0.3, -0.25) is 0 Å². The van der Waals surface area contributed by atoms with Gasteiger partial charge in [-0.2, -0.15) is 0 Å². The lowest BCUT2D eigenvalue weighted by Gasteiger charge is -2.12. The molecule has 5 nitrogen and oxygen atoms in total. The number of benzene rings is 1. The summed E-state index contributed by atoms with van der Waals surface area (Å²) in [5, 5.41) is 11.9. The molecule has 6 heteroatoms. The minimum atomic E-state index is 0. The second kappa shape index (κ2) is 7.24. The third kappa shape index (κ3) is 3.28. The SMILES string of the molecule is COc1cc2c(cc1OC)CCC(C(N)=NO)CC2.Cl. The Labute approximate surface area is 125 Å². The lowest BCUT2D eigenvalue weighted by molar-refractivity contribution is 0.312. The summed E-state index contributed by atoms with van der Waals surface area (Å²) in [5.74, 6) is 1.97. The van der Waals surface area contributed by atoms with E-state index in [0.717, 1.165) is 37.2 Å². The molecule has 0 bridgehead atoms. The minimum Gasteiger partial charge on any atom is -0.493 e. The minimum absolute atomic E-state index is 0. The van der Waals surface area contributed by atoms with Gasteiger partial charge in [0.15, 0.2) is 11.5 Å². The molecule has 0 unspecified atom stereocenters. The molecule has 0 saturated heterocycles. The highest BCUT2D eigenvalue weighted by Crippen LogP contribution is 2.34. The maximum atomic E-state index is 8.78. The Bertz CT molecular complexity index is 457. The molecule has 0 spiro atoms. The van der Waals surface area contributed by atoms with E-state index in [9.17, 15) is 0 Å². The van der Waals surface area contributed by atoms with Crippen molar-refractivity contribution in [1.29, 1.82) is 0 Å². The Morgan fingerprint density at radius 3 is 1.95 bits per heavy atom. The number of ether oxygens (including phenoxy) is 2. The van der Waals surface area contributed by atoms with Crippen LogP contribution in [-0.2, 0) is 12.8 Å². The average molecular weight is 301 g/mol. The Balaban J connectivity index is 0.00000200. The summed E-state index contributed by atoms with van der Waals surface area (Å²) in [4.78, 5) is 0. The van der Waals surface area contributed by atoms with Gasteiger partial charge >= 0.3 is 0 Å². The van der Waals surface area contributed by atoms with Crippen molar-refractivity contribution in [2.45, 2.75) is 25.7 Å². The van der Waals surface area contributed by atoms with Crippen molar-refractivity contribution in [3.05, 3.63) is 23.3 Å². The zero-order valence-corrected chi connectivity index (χ0v) is 12.6. The fourth-order valence-electron chi connectivity index (χ4n) is 2.61. The summed E-state index contributed by atoms with van der Waals surface area (Å²) in [6.45, 7) is 0. The van der Waals surface area contributed by atoms with E-state index in [0.29, 0.717) is 5.84 Å². The number of fused-ring (bicyclic) bond motifs is 1. The first-order chi connectivity index (χ1) is 9.19. The van der Waals surface area contributed by atoms with Crippen molar-refractivity contribution in [2.75, 3.05) is 14.2 Å². The number of methoxy groups -OCH3 is 2. The van der Waals surface area contributed by atoms with Crippen LogP contribution in [0.5, 0.6) is 11.5 Å². The van der Waals surface area contributed by atoms with E-state index in [1.54, 1.807) is 14.2 Å². The van der Waals surface area contributed by atoms with Gasteiger partial charge in [-0.05, 0) is 48.9 Å². The van der Waals surface area contributed by atoms with E-state index < -0.39 is 0 Å². The van der Waals surface area contributed by atoms with Gasteiger partial charge in [-0.25, -0.2) is 0 Å². The molecular formula is C14H21ClN2O3. The number of hydrogen-bond acceptors (Lipinski definition) is 4. The van der Waals surface area contributed by atoms with Gasteiger partial charge in [0, 0.05) is 5.92 Å². The summed E-state index contributed by atoms with van der Waals surface area (Å²) in [7, 11) is 3.28. The normalized spacial score (nSPS) is 15.8. The summed E-state index contributed by atoms with van der Waals surface area (Å²) >= 11 is 0. The molecule has 0 fully saturated rings. The first-order valence-electron chi connectivity index (χ1n) is 6.40. The molecule has 0 radical (unpaired) electrons. The van der Waals surface area contributed by atoms with Gasteiger partial charge in [0.05, 0.1) is 14.2 Å². The van der Waals surface area contributed by atoms with Crippen molar-refractivity contribution < 1.29 is 14.7 Å². The standard InChI is InChI=1S/C14H20N2O3.ClH/c1-18-12-7-10-5-3-9(14(15)16-17)4-6-11(10)8-13(12)19-2;/h7-9,17H,3-6H2,1-2H3,(H2,15,16);1H. The van der Waals surface area contributed by atoms with Gasteiger partial charge < -0.3 is 20.4 Å². The van der Waals surface area contributed by atoms with E-state index in [2.05, 4.69) is 5.16 Å². The van der Waals surface area contributed by atoms with Crippen molar-refractivity contribution in [3.63, 3.8) is 0 Å². The Morgan fingerprint density at radius 2 is 1.60 bits per heavy atom. The van der Waals surface area contributed by atoms with E-state index >= 15 is 0 Å². The van der Waals surface area contributed by atoms with Crippen molar-refractivity contribution in [2.24, 2.45) is 16.8 Å². The largest absolute Gasteiger partial charge is 0.493 e. The summed E-state index contributed by atoms with van der Waals surface area (Å²) < 4.78 is 10.7. The highest BCUT2D eigenvalue weighted by atomic mass is 35.5. The number of halogens is 1. The van der Waals surface area contributed by atoms with Crippen LogP contribution >= 0.6 is 12.4 Å². The molecule has 1 aromatic carbocycles. The van der Waals surface area contributed by atoms with Gasteiger partial charge in [0.25, 0.3) is 0 Å². The van der Waals surface area contributed by atoms with Crippen LogP contribution in [-0.4, -0.2) is 25.3 Å². The van der Waals surface area contributed by atoms with Crippen molar-refractivity contribution >= 4 is 18.2 Å². The summed E-state index contributed by atoms with van der Waals surface area (Å²) in [6, 6.07) is 4.06. The molecule has 20 heavy (non-hydrogen) atoms. The van der Waals surface area contributed by atoms with Crippen molar-refractivity contribution in [1.82, 2.24) is 0 Å². The number of nitrogens with two attached hydrogens (primary N) is 1. The van der Waals surface area contributed by atoms with Crippen LogP contribution in [0.2, 0.25) is 0 Å². The molecule has 0 aromatic heterocycles. The van der Waals surface area contributed by atoms with Gasteiger partial charge in [0.2, 0.25) is 0 Å². The van der Waals surface area contributed by atoms with Crippen LogP contribution in [0.15, 0.2) is 17.3 Å². The quantitative estimate of drug-likeness (QED) is 0.295. The molecule has 1 aliphatic carbocycles. The van der Waals surface area contributed by atoms with Crippen LogP contribution in [0.1, 0.15) is 24.0 Å². The molecule has 0 saturated carbocycles. The molecule has 3 N–H and O–H groups in total. The average Bonchev–Trinajstić information content (AvgIpc) is 2.66. The molecule has 0 aliphatic heterocycles. The van der Waals surface area contributed by atoms with Gasteiger partial charge in [-0.1, -0.05) is 5.16 Å². The topological polar surface area (TPSA) is 77.1 Å². The smallest absolute Gasteiger partial charge is 0.161 e. The van der Waals surface area contributed by atoms with E-state index in [-0.39, 0.29) is 18.3 Å². The fourth-order valence-corrected chi connectivity index (χ4v) is 2.61. The second-order valence-corrected chi connectivity index (χ2v) is 4.78. The first kappa shape index (κ1) is 16.4. The predicted molar refractivity (Wildman–Crippen MR) is 80.3 cm³/mol. The first-order valence-corrected chi connectivity index (χ1v) is 6.40. The lowest BCUT2D eigenvalue weighted by Crippen LogP contribution is -2.23. The fraction of sp³-hybridized carbons (Fsp3) is 0.500. The predicted octanol–water partition coefficient (Wildman–Crippen LogP) is 2.37. The summed E-state index contributed by atoms with van der Waals surface area (Å²) in [6.07, 6.45) is 3.57. The molecule has 1 aromatic rings. The van der Waals surface area contributed by atoms with Crippen LogP contribution in [0.25, 0.3) is 0 Å².